The van der Waals surface area contributed by atoms with E-state index >= 15 is 0 Å². The molecule has 5 nitrogen and oxygen atoms in total. The number of hydrazone groups is 1. The van der Waals surface area contributed by atoms with Crippen molar-refractivity contribution in [3.8, 4) is 0 Å². The molecule has 0 radical (unpaired) electrons. The summed E-state index contributed by atoms with van der Waals surface area (Å²) in [5, 5.41) is 14.1. The molecular formula is C21H21F2N5S. The van der Waals surface area contributed by atoms with Crippen molar-refractivity contribution in [2.45, 2.75) is 24.6 Å². The number of nitrogens with one attached hydrogen (secondary N) is 1. The highest BCUT2D eigenvalue weighted by atomic mass is 32.2. The number of aromatic nitrogens is 2. The maximum atomic E-state index is 14.6. The molecule has 0 saturated carbocycles. The number of nitrogens with two attached hydrogens (primary N) is 1. The number of nitrogens with zero attached hydrogens (tertiary/aromatic N) is 3. The van der Waals surface area contributed by atoms with Crippen molar-refractivity contribution in [3.63, 3.8) is 0 Å². The van der Waals surface area contributed by atoms with Crippen molar-refractivity contribution < 1.29 is 8.78 Å². The van der Waals surface area contributed by atoms with Crippen LogP contribution < -0.4 is 10.7 Å². The maximum absolute atomic E-state index is 14.6. The summed E-state index contributed by atoms with van der Waals surface area (Å²) in [6.07, 6.45) is 3.12. The van der Waals surface area contributed by atoms with Gasteiger partial charge in [0.25, 0.3) is 0 Å². The highest BCUT2D eigenvalue weighted by Gasteiger charge is 2.47. The number of halogens is 2. The van der Waals surface area contributed by atoms with Crippen LogP contribution in [-0.4, -0.2) is 21.8 Å². The fourth-order valence-electron chi connectivity index (χ4n) is 3.47. The quantitative estimate of drug-likeness (QED) is 0.624. The van der Waals surface area contributed by atoms with E-state index in [1.54, 1.807) is 6.20 Å². The summed E-state index contributed by atoms with van der Waals surface area (Å²) in [5.41, 5.74) is 7.88. The lowest BCUT2D eigenvalue weighted by molar-refractivity contribution is 0.522. The molecule has 2 aromatic carbocycles. The van der Waals surface area contributed by atoms with E-state index in [0.29, 0.717) is 23.8 Å². The largest absolute Gasteiger partial charge is 0.330 e. The number of aryl methyl sites for hydroxylation is 1. The SMILES string of the molecule is Cc1cn[nH]c1N1N=C(c2cc(F)ccc2F)SC1(CCCN)c1ccccc1. The van der Waals surface area contributed by atoms with Gasteiger partial charge in [-0.1, -0.05) is 42.1 Å². The van der Waals surface area contributed by atoms with Crippen LogP contribution in [0.15, 0.2) is 59.8 Å². The maximum Gasteiger partial charge on any atom is 0.149 e. The zero-order valence-corrected chi connectivity index (χ0v) is 16.7. The van der Waals surface area contributed by atoms with E-state index in [0.717, 1.165) is 29.7 Å². The van der Waals surface area contributed by atoms with E-state index in [2.05, 4.69) is 10.2 Å². The zero-order chi connectivity index (χ0) is 20.4. The average molecular weight is 413 g/mol. The van der Waals surface area contributed by atoms with Crippen molar-refractivity contribution in [1.29, 1.82) is 0 Å². The fraction of sp³-hybridized carbons (Fsp3) is 0.238. The Morgan fingerprint density at radius 2 is 1.97 bits per heavy atom. The molecule has 0 bridgehead atoms. The molecule has 1 aromatic heterocycles. The van der Waals surface area contributed by atoms with Crippen LogP contribution in [0.25, 0.3) is 0 Å². The molecule has 3 aromatic rings. The third kappa shape index (κ3) is 3.54. The van der Waals surface area contributed by atoms with Crippen molar-refractivity contribution >= 4 is 22.6 Å². The van der Waals surface area contributed by atoms with E-state index in [-0.39, 0.29) is 5.56 Å². The first kappa shape index (κ1) is 19.6. The summed E-state index contributed by atoms with van der Waals surface area (Å²) in [5.74, 6) is -0.306. The van der Waals surface area contributed by atoms with E-state index in [1.807, 2.05) is 42.3 Å². The molecule has 1 aliphatic heterocycles. The number of benzene rings is 2. The van der Waals surface area contributed by atoms with Gasteiger partial charge in [0.15, 0.2) is 0 Å². The Morgan fingerprint density at radius 1 is 1.17 bits per heavy atom. The van der Waals surface area contributed by atoms with Gasteiger partial charge < -0.3 is 5.73 Å². The van der Waals surface area contributed by atoms with E-state index in [4.69, 9.17) is 10.8 Å². The normalized spacial score (nSPS) is 18.9. The summed E-state index contributed by atoms with van der Waals surface area (Å²) >= 11 is 1.41. The number of anilines is 1. The summed E-state index contributed by atoms with van der Waals surface area (Å²) in [6, 6.07) is 13.3. The highest BCUT2D eigenvalue weighted by molar-refractivity contribution is 8.15. The van der Waals surface area contributed by atoms with E-state index < -0.39 is 16.5 Å². The Bertz CT molecular complexity index is 1040. The molecule has 0 aliphatic carbocycles. The highest BCUT2D eigenvalue weighted by Crippen LogP contribution is 2.52. The summed E-state index contributed by atoms with van der Waals surface area (Å²) in [4.78, 5) is -0.661. The van der Waals surface area contributed by atoms with Crippen molar-refractivity contribution in [3.05, 3.63) is 83.1 Å². The molecule has 1 unspecified atom stereocenters. The molecule has 4 rings (SSSR count). The van der Waals surface area contributed by atoms with Crippen LogP contribution in [0.2, 0.25) is 0 Å². The first-order valence-corrected chi connectivity index (χ1v) is 10.2. The van der Waals surface area contributed by atoms with Crippen molar-refractivity contribution in [1.82, 2.24) is 10.2 Å². The molecule has 3 N–H and O–H groups in total. The van der Waals surface area contributed by atoms with Gasteiger partial charge in [-0.25, -0.2) is 13.8 Å². The Labute approximate surface area is 172 Å². The van der Waals surface area contributed by atoms with Gasteiger partial charge in [0.2, 0.25) is 0 Å². The van der Waals surface area contributed by atoms with Crippen LogP contribution in [-0.2, 0) is 4.87 Å². The van der Waals surface area contributed by atoms with Gasteiger partial charge in [0.1, 0.15) is 27.4 Å². The van der Waals surface area contributed by atoms with Crippen LogP contribution in [0, 0.1) is 18.6 Å². The molecule has 0 spiro atoms. The lowest BCUT2D eigenvalue weighted by Crippen LogP contribution is -2.38. The summed E-state index contributed by atoms with van der Waals surface area (Å²) < 4.78 is 28.4. The number of aromatic amines is 1. The topological polar surface area (TPSA) is 70.3 Å². The van der Waals surface area contributed by atoms with Gasteiger partial charge in [-0.2, -0.15) is 10.2 Å². The first-order valence-electron chi connectivity index (χ1n) is 9.34. The minimum absolute atomic E-state index is 0.141. The lowest BCUT2D eigenvalue weighted by atomic mass is 10.00. The number of hydrogen-bond acceptors (Lipinski definition) is 5. The van der Waals surface area contributed by atoms with Gasteiger partial charge in [0, 0.05) is 11.1 Å². The monoisotopic (exact) mass is 413 g/mol. The van der Waals surface area contributed by atoms with Gasteiger partial charge in [0.05, 0.1) is 6.20 Å². The van der Waals surface area contributed by atoms with Crippen LogP contribution in [0.1, 0.15) is 29.5 Å². The van der Waals surface area contributed by atoms with Crippen LogP contribution in [0.5, 0.6) is 0 Å². The minimum atomic E-state index is -0.661. The second-order valence-electron chi connectivity index (χ2n) is 6.89. The number of H-pyrrole nitrogens is 1. The van der Waals surface area contributed by atoms with Gasteiger partial charge in [-0.05, 0) is 50.1 Å². The molecule has 29 heavy (non-hydrogen) atoms. The minimum Gasteiger partial charge on any atom is -0.330 e. The molecule has 1 atom stereocenters. The third-order valence-corrected chi connectivity index (χ3v) is 6.36. The van der Waals surface area contributed by atoms with Crippen LogP contribution in [0.3, 0.4) is 0 Å². The molecule has 0 saturated heterocycles. The predicted molar refractivity (Wildman–Crippen MR) is 113 cm³/mol. The molecule has 0 amide bonds. The second kappa shape index (κ2) is 7.96. The average Bonchev–Trinajstić information content (AvgIpc) is 3.33. The van der Waals surface area contributed by atoms with Gasteiger partial charge >= 0.3 is 0 Å². The number of rotatable bonds is 6. The Hall–Kier alpha value is -2.71. The molecule has 0 fully saturated rings. The molecular weight excluding hydrogens is 392 g/mol. The Kier molecular flexibility index (Phi) is 5.38. The number of thioether (sulfide) groups is 1. The third-order valence-electron chi connectivity index (χ3n) is 4.92. The second-order valence-corrected chi connectivity index (χ2v) is 8.15. The van der Waals surface area contributed by atoms with Gasteiger partial charge in [-0.15, -0.1) is 0 Å². The van der Waals surface area contributed by atoms with Crippen molar-refractivity contribution in [2.24, 2.45) is 10.8 Å². The molecule has 2 heterocycles. The predicted octanol–water partition coefficient (Wildman–Crippen LogP) is 4.50. The lowest BCUT2D eigenvalue weighted by Gasteiger charge is -2.36. The van der Waals surface area contributed by atoms with Crippen molar-refractivity contribution in [2.75, 3.05) is 11.6 Å². The summed E-state index contributed by atoms with van der Waals surface area (Å²) in [6.45, 7) is 2.44. The fourth-order valence-corrected chi connectivity index (χ4v) is 4.90. The van der Waals surface area contributed by atoms with Gasteiger partial charge in [-0.3, -0.25) is 5.10 Å². The Morgan fingerprint density at radius 3 is 2.66 bits per heavy atom. The Balaban J connectivity index is 1.89. The standard InChI is InChI=1S/C21H21F2N5S/c1-14-13-25-26-19(14)28-21(10-5-11-24,15-6-3-2-4-7-15)29-20(27-28)17-12-16(22)8-9-18(17)23/h2-4,6-9,12-13H,5,10-11,24H2,1H3,(H,25,26). The van der Waals surface area contributed by atoms with Crippen LogP contribution >= 0.6 is 11.8 Å². The molecule has 1 aliphatic rings. The molecule has 150 valence electrons. The first-order chi connectivity index (χ1) is 14.0. The molecule has 8 heteroatoms. The van der Waals surface area contributed by atoms with E-state index in [1.165, 1.54) is 17.8 Å². The number of hydrogen-bond donors (Lipinski definition) is 2. The van der Waals surface area contributed by atoms with Crippen LogP contribution in [0.4, 0.5) is 14.6 Å². The van der Waals surface area contributed by atoms with E-state index in [9.17, 15) is 8.78 Å². The summed E-state index contributed by atoms with van der Waals surface area (Å²) in [7, 11) is 0. The zero-order valence-electron chi connectivity index (χ0n) is 15.9. The smallest absolute Gasteiger partial charge is 0.149 e.